The van der Waals surface area contributed by atoms with E-state index in [-0.39, 0.29) is 12.6 Å². The molecule has 0 aromatic heterocycles. The van der Waals surface area contributed by atoms with E-state index in [0.717, 1.165) is 6.42 Å². The van der Waals surface area contributed by atoms with E-state index >= 15 is 0 Å². The molecule has 1 atom stereocenters. The van der Waals surface area contributed by atoms with Gasteiger partial charge < -0.3 is 10.1 Å². The number of nitrogens with one attached hydrogen (secondary N) is 1. The molecule has 20 heavy (non-hydrogen) atoms. The van der Waals surface area contributed by atoms with Gasteiger partial charge in [0.15, 0.2) is 0 Å². The van der Waals surface area contributed by atoms with Gasteiger partial charge in [-0.2, -0.15) is 13.2 Å². The number of hydrogen-bond donors (Lipinski definition) is 1. The highest BCUT2D eigenvalue weighted by molar-refractivity contribution is 5.24. The van der Waals surface area contributed by atoms with Crippen LogP contribution in [0.25, 0.3) is 0 Å². The Morgan fingerprint density at radius 3 is 2.40 bits per heavy atom. The van der Waals surface area contributed by atoms with E-state index in [0.29, 0.717) is 13.0 Å². The smallest absolute Gasteiger partial charge is 0.372 e. The Kier molecular flexibility index (Phi) is 7.02. The standard InChI is InChI=1S/C15H22F3NO/c1-3-13-5-7-14(8-6-13)12(2)19-9-4-10-20-11-15(16,17)18/h5-8,12,19H,3-4,9-11H2,1-2H3. The fraction of sp³-hybridized carbons (Fsp3) is 0.600. The molecular formula is C15H22F3NO. The summed E-state index contributed by atoms with van der Waals surface area (Å²) < 4.78 is 40.1. The Labute approximate surface area is 118 Å². The van der Waals surface area contributed by atoms with Gasteiger partial charge in [-0.15, -0.1) is 0 Å². The first-order chi connectivity index (χ1) is 9.42. The lowest BCUT2D eigenvalue weighted by molar-refractivity contribution is -0.173. The molecule has 0 heterocycles. The summed E-state index contributed by atoms with van der Waals surface area (Å²) in [4.78, 5) is 0. The van der Waals surface area contributed by atoms with Gasteiger partial charge in [0, 0.05) is 12.6 Å². The molecule has 1 unspecified atom stereocenters. The van der Waals surface area contributed by atoms with Crippen molar-refractivity contribution in [2.75, 3.05) is 19.8 Å². The van der Waals surface area contributed by atoms with Gasteiger partial charge in [-0.05, 0) is 37.4 Å². The van der Waals surface area contributed by atoms with E-state index in [2.05, 4.69) is 41.2 Å². The summed E-state index contributed by atoms with van der Waals surface area (Å²) in [7, 11) is 0. The zero-order valence-electron chi connectivity index (χ0n) is 12.0. The van der Waals surface area contributed by atoms with Crippen LogP contribution in [-0.2, 0) is 11.2 Å². The summed E-state index contributed by atoms with van der Waals surface area (Å²) in [6.45, 7) is 3.73. The van der Waals surface area contributed by atoms with Crippen molar-refractivity contribution >= 4 is 0 Å². The molecule has 5 heteroatoms. The average molecular weight is 289 g/mol. The van der Waals surface area contributed by atoms with E-state index < -0.39 is 12.8 Å². The molecule has 1 rings (SSSR count). The second-order valence-corrected chi connectivity index (χ2v) is 4.79. The van der Waals surface area contributed by atoms with Crippen LogP contribution in [0.15, 0.2) is 24.3 Å². The zero-order valence-corrected chi connectivity index (χ0v) is 12.0. The Hall–Kier alpha value is -1.07. The normalized spacial score (nSPS) is 13.4. The summed E-state index contributed by atoms with van der Waals surface area (Å²) in [5.41, 5.74) is 2.47. The quantitative estimate of drug-likeness (QED) is 0.734. The molecule has 1 aromatic carbocycles. The molecule has 1 aromatic rings. The van der Waals surface area contributed by atoms with Gasteiger partial charge in [0.05, 0.1) is 0 Å². The van der Waals surface area contributed by atoms with Crippen LogP contribution in [0.4, 0.5) is 13.2 Å². The summed E-state index contributed by atoms with van der Waals surface area (Å²) in [5, 5.41) is 3.27. The second kappa shape index (κ2) is 8.27. The van der Waals surface area contributed by atoms with E-state index in [1.165, 1.54) is 11.1 Å². The van der Waals surface area contributed by atoms with Crippen LogP contribution in [0.5, 0.6) is 0 Å². The number of ether oxygens (including phenoxy) is 1. The topological polar surface area (TPSA) is 21.3 Å². The van der Waals surface area contributed by atoms with Crippen LogP contribution in [0.1, 0.15) is 37.4 Å². The molecule has 0 aliphatic heterocycles. The molecule has 0 saturated heterocycles. The number of rotatable bonds is 8. The van der Waals surface area contributed by atoms with Crippen molar-refractivity contribution in [3.05, 3.63) is 35.4 Å². The minimum absolute atomic E-state index is 0.119. The van der Waals surface area contributed by atoms with Crippen LogP contribution < -0.4 is 5.32 Å². The molecule has 0 aliphatic rings. The van der Waals surface area contributed by atoms with Gasteiger partial charge in [-0.25, -0.2) is 0 Å². The minimum Gasteiger partial charge on any atom is -0.372 e. The third-order valence-electron chi connectivity index (χ3n) is 3.07. The third-order valence-corrected chi connectivity index (χ3v) is 3.07. The third kappa shape index (κ3) is 6.91. The van der Waals surface area contributed by atoms with Gasteiger partial charge in [0.2, 0.25) is 0 Å². The Morgan fingerprint density at radius 1 is 1.20 bits per heavy atom. The lowest BCUT2D eigenvalue weighted by Crippen LogP contribution is -2.22. The molecule has 1 N–H and O–H groups in total. The predicted octanol–water partition coefficient (Wildman–Crippen LogP) is 3.87. The van der Waals surface area contributed by atoms with Crippen LogP contribution in [0.2, 0.25) is 0 Å². The molecule has 0 saturated carbocycles. The van der Waals surface area contributed by atoms with E-state index in [1.807, 2.05) is 6.92 Å². The lowest BCUT2D eigenvalue weighted by Gasteiger charge is -2.15. The van der Waals surface area contributed by atoms with Crippen molar-refractivity contribution in [1.29, 1.82) is 0 Å². The molecular weight excluding hydrogens is 267 g/mol. The largest absolute Gasteiger partial charge is 0.411 e. The minimum atomic E-state index is -4.23. The van der Waals surface area contributed by atoms with Gasteiger partial charge in [0.1, 0.15) is 6.61 Å². The molecule has 114 valence electrons. The maximum atomic E-state index is 11.8. The number of benzene rings is 1. The SMILES string of the molecule is CCc1ccc(C(C)NCCCOCC(F)(F)F)cc1. The van der Waals surface area contributed by atoms with Crippen molar-refractivity contribution in [1.82, 2.24) is 5.32 Å². The van der Waals surface area contributed by atoms with Crippen molar-refractivity contribution in [2.45, 2.75) is 38.9 Å². The van der Waals surface area contributed by atoms with Gasteiger partial charge in [-0.3, -0.25) is 0 Å². The van der Waals surface area contributed by atoms with Gasteiger partial charge >= 0.3 is 6.18 Å². The van der Waals surface area contributed by atoms with Crippen molar-refractivity contribution in [3.8, 4) is 0 Å². The lowest BCUT2D eigenvalue weighted by atomic mass is 10.1. The van der Waals surface area contributed by atoms with Crippen LogP contribution in [-0.4, -0.2) is 25.9 Å². The maximum absolute atomic E-state index is 11.8. The van der Waals surface area contributed by atoms with Gasteiger partial charge in [-0.1, -0.05) is 31.2 Å². The molecule has 0 aliphatic carbocycles. The number of aryl methyl sites for hydroxylation is 1. The summed E-state index contributed by atoms with van der Waals surface area (Å²) in [6, 6.07) is 8.54. The molecule has 0 spiro atoms. The predicted molar refractivity (Wildman–Crippen MR) is 73.7 cm³/mol. The van der Waals surface area contributed by atoms with Crippen molar-refractivity contribution in [2.24, 2.45) is 0 Å². The van der Waals surface area contributed by atoms with Crippen molar-refractivity contribution in [3.63, 3.8) is 0 Å². The Morgan fingerprint density at radius 2 is 1.85 bits per heavy atom. The monoisotopic (exact) mass is 289 g/mol. The second-order valence-electron chi connectivity index (χ2n) is 4.79. The fourth-order valence-electron chi connectivity index (χ4n) is 1.84. The fourth-order valence-corrected chi connectivity index (χ4v) is 1.84. The number of hydrogen-bond acceptors (Lipinski definition) is 2. The van der Waals surface area contributed by atoms with E-state index in [4.69, 9.17) is 0 Å². The van der Waals surface area contributed by atoms with E-state index in [9.17, 15) is 13.2 Å². The average Bonchev–Trinajstić information content (AvgIpc) is 2.41. The molecule has 0 bridgehead atoms. The summed E-state index contributed by atoms with van der Waals surface area (Å²) >= 11 is 0. The highest BCUT2D eigenvalue weighted by Gasteiger charge is 2.27. The summed E-state index contributed by atoms with van der Waals surface area (Å²) in [5.74, 6) is 0. The highest BCUT2D eigenvalue weighted by atomic mass is 19.4. The first-order valence-corrected chi connectivity index (χ1v) is 6.89. The highest BCUT2D eigenvalue weighted by Crippen LogP contribution is 2.15. The molecule has 0 fully saturated rings. The van der Waals surface area contributed by atoms with Crippen LogP contribution in [0, 0.1) is 0 Å². The maximum Gasteiger partial charge on any atom is 0.411 e. The van der Waals surface area contributed by atoms with Crippen molar-refractivity contribution < 1.29 is 17.9 Å². The van der Waals surface area contributed by atoms with Crippen LogP contribution in [0.3, 0.4) is 0 Å². The van der Waals surface area contributed by atoms with Crippen LogP contribution >= 0.6 is 0 Å². The Balaban J connectivity index is 2.18. The summed E-state index contributed by atoms with van der Waals surface area (Å²) in [6.07, 6.45) is -2.66. The molecule has 2 nitrogen and oxygen atoms in total. The first kappa shape index (κ1) is 17.0. The molecule has 0 radical (unpaired) electrons. The number of alkyl halides is 3. The Bertz CT molecular complexity index is 376. The molecule has 0 amide bonds. The van der Waals surface area contributed by atoms with Gasteiger partial charge in [0.25, 0.3) is 0 Å². The van der Waals surface area contributed by atoms with E-state index in [1.54, 1.807) is 0 Å². The number of halogens is 3. The zero-order chi connectivity index (χ0) is 15.0. The first-order valence-electron chi connectivity index (χ1n) is 6.89.